The van der Waals surface area contributed by atoms with Crippen LogP contribution in [0, 0.1) is 6.92 Å². The fraction of sp³-hybridized carbons (Fsp3) is 0.273. The topological polar surface area (TPSA) is 124 Å². The number of nitrogens with one attached hydrogen (secondary N) is 2. The zero-order chi connectivity index (χ0) is 23.1. The van der Waals surface area contributed by atoms with E-state index in [1.165, 1.54) is 10.9 Å². The molecule has 3 aromatic rings. The number of hydrogen-bond donors (Lipinski definition) is 2. The Kier molecular flexibility index (Phi) is 7.27. The van der Waals surface area contributed by atoms with Crippen molar-refractivity contribution in [3.63, 3.8) is 0 Å². The van der Waals surface area contributed by atoms with Gasteiger partial charge < -0.3 is 10.1 Å². The Bertz CT molecular complexity index is 1110. The van der Waals surface area contributed by atoms with Crippen molar-refractivity contribution in [3.05, 3.63) is 66.1 Å². The molecule has 0 aliphatic rings. The van der Waals surface area contributed by atoms with Crippen LogP contribution in [0.2, 0.25) is 0 Å². The standard InChI is InChI=1S/C22H25N7O3/c1-5-6-11-24-21(30)16-9-10-18(25-13-16)19-20(29(4)28-27-19)26-22(31)32-15(3)17-8-7-12-23-14(17)2/h5,7-10,12-13,15H,1,6,11H2,2-4H3,(H,24,30)(H,26,31). The first kappa shape index (κ1) is 22.6. The Balaban J connectivity index is 1.71. The number of carbonyl (C=O) groups excluding carboxylic acids is 2. The lowest BCUT2D eigenvalue weighted by Crippen LogP contribution is -2.24. The van der Waals surface area contributed by atoms with Crippen molar-refractivity contribution in [1.82, 2.24) is 30.3 Å². The molecule has 0 saturated heterocycles. The average Bonchev–Trinajstić information content (AvgIpc) is 3.14. The summed E-state index contributed by atoms with van der Waals surface area (Å²) >= 11 is 0. The third-order valence-electron chi connectivity index (χ3n) is 4.72. The number of aryl methyl sites for hydroxylation is 2. The number of nitrogens with zero attached hydrogens (tertiary/aromatic N) is 5. The van der Waals surface area contributed by atoms with Gasteiger partial charge >= 0.3 is 6.09 Å². The molecular weight excluding hydrogens is 410 g/mol. The van der Waals surface area contributed by atoms with Crippen LogP contribution >= 0.6 is 0 Å². The summed E-state index contributed by atoms with van der Waals surface area (Å²) < 4.78 is 6.91. The molecule has 0 fully saturated rings. The quantitative estimate of drug-likeness (QED) is 0.411. The predicted molar refractivity (Wildman–Crippen MR) is 119 cm³/mol. The maximum Gasteiger partial charge on any atom is 0.413 e. The molecule has 0 bridgehead atoms. The molecule has 1 atom stereocenters. The molecule has 0 saturated carbocycles. The van der Waals surface area contributed by atoms with Gasteiger partial charge in [-0.1, -0.05) is 17.4 Å². The van der Waals surface area contributed by atoms with E-state index in [4.69, 9.17) is 4.74 Å². The van der Waals surface area contributed by atoms with E-state index in [0.29, 0.717) is 35.7 Å². The molecule has 0 aliphatic carbocycles. The molecule has 1 unspecified atom stereocenters. The van der Waals surface area contributed by atoms with E-state index < -0.39 is 12.2 Å². The van der Waals surface area contributed by atoms with Gasteiger partial charge in [-0.2, -0.15) is 0 Å². The van der Waals surface area contributed by atoms with Crippen LogP contribution in [0.15, 0.2) is 49.3 Å². The van der Waals surface area contributed by atoms with E-state index in [0.717, 1.165) is 11.3 Å². The van der Waals surface area contributed by atoms with Gasteiger partial charge in [0.1, 0.15) is 6.10 Å². The van der Waals surface area contributed by atoms with Crippen LogP contribution < -0.4 is 10.6 Å². The first-order chi connectivity index (χ1) is 15.4. The van der Waals surface area contributed by atoms with E-state index in [-0.39, 0.29) is 5.91 Å². The Labute approximate surface area is 185 Å². The smallest absolute Gasteiger partial charge is 0.413 e. The maximum atomic E-state index is 12.5. The minimum atomic E-state index is -0.661. The van der Waals surface area contributed by atoms with Gasteiger partial charge in [-0.05, 0) is 38.5 Å². The molecule has 3 aromatic heterocycles. The zero-order valence-electron chi connectivity index (χ0n) is 18.2. The fourth-order valence-corrected chi connectivity index (χ4v) is 3.00. The molecule has 0 aliphatic heterocycles. The molecule has 32 heavy (non-hydrogen) atoms. The lowest BCUT2D eigenvalue weighted by atomic mass is 10.1. The highest BCUT2D eigenvalue weighted by Crippen LogP contribution is 2.25. The number of amides is 2. The van der Waals surface area contributed by atoms with Crippen molar-refractivity contribution in [2.45, 2.75) is 26.4 Å². The normalized spacial score (nSPS) is 11.5. The van der Waals surface area contributed by atoms with Gasteiger partial charge in [0.05, 0.1) is 11.3 Å². The minimum Gasteiger partial charge on any atom is -0.441 e. The highest BCUT2D eigenvalue weighted by atomic mass is 16.6. The van der Waals surface area contributed by atoms with E-state index in [1.807, 2.05) is 13.0 Å². The number of anilines is 1. The van der Waals surface area contributed by atoms with Gasteiger partial charge in [0.15, 0.2) is 11.5 Å². The van der Waals surface area contributed by atoms with Crippen molar-refractivity contribution < 1.29 is 14.3 Å². The first-order valence-electron chi connectivity index (χ1n) is 10.0. The van der Waals surface area contributed by atoms with Crippen LogP contribution in [0.1, 0.15) is 41.1 Å². The van der Waals surface area contributed by atoms with Crippen LogP contribution in [-0.4, -0.2) is 43.5 Å². The zero-order valence-corrected chi connectivity index (χ0v) is 18.2. The lowest BCUT2D eigenvalue weighted by Gasteiger charge is -2.15. The van der Waals surface area contributed by atoms with Gasteiger partial charge in [0, 0.05) is 37.2 Å². The Hall–Kier alpha value is -4.08. The summed E-state index contributed by atoms with van der Waals surface area (Å²) in [6, 6.07) is 6.93. The second kappa shape index (κ2) is 10.3. The molecule has 10 heteroatoms. The number of pyridine rings is 2. The summed E-state index contributed by atoms with van der Waals surface area (Å²) in [6.45, 7) is 7.74. The van der Waals surface area contributed by atoms with E-state index in [2.05, 4.69) is 37.5 Å². The second-order valence-electron chi connectivity index (χ2n) is 7.03. The van der Waals surface area contributed by atoms with E-state index in [1.54, 1.807) is 44.4 Å². The molecule has 166 valence electrons. The van der Waals surface area contributed by atoms with Crippen molar-refractivity contribution in [3.8, 4) is 11.4 Å². The summed E-state index contributed by atoms with van der Waals surface area (Å²) in [4.78, 5) is 33.2. The second-order valence-corrected chi connectivity index (χ2v) is 7.03. The highest BCUT2D eigenvalue weighted by molar-refractivity contribution is 5.94. The van der Waals surface area contributed by atoms with Crippen molar-refractivity contribution in [2.24, 2.45) is 7.05 Å². The maximum absolute atomic E-state index is 12.5. The molecule has 10 nitrogen and oxygen atoms in total. The Morgan fingerprint density at radius 1 is 1.28 bits per heavy atom. The highest BCUT2D eigenvalue weighted by Gasteiger charge is 2.20. The molecule has 3 rings (SSSR count). The van der Waals surface area contributed by atoms with Gasteiger partial charge in [-0.25, -0.2) is 9.48 Å². The third kappa shape index (κ3) is 5.34. The predicted octanol–water partition coefficient (Wildman–Crippen LogP) is 3.20. The summed E-state index contributed by atoms with van der Waals surface area (Å²) in [7, 11) is 1.64. The largest absolute Gasteiger partial charge is 0.441 e. The Morgan fingerprint density at radius 2 is 2.09 bits per heavy atom. The molecule has 0 spiro atoms. The summed E-state index contributed by atoms with van der Waals surface area (Å²) in [5.41, 5.74) is 2.82. The molecule has 2 amide bonds. The molecular formula is C22H25N7O3. The molecule has 3 heterocycles. The minimum absolute atomic E-state index is 0.230. The SMILES string of the molecule is C=CCCNC(=O)c1ccc(-c2nnn(C)c2NC(=O)OC(C)c2cccnc2C)nc1. The monoisotopic (exact) mass is 435 g/mol. The number of ether oxygens (including phenoxy) is 1. The first-order valence-corrected chi connectivity index (χ1v) is 10.0. The third-order valence-corrected chi connectivity index (χ3v) is 4.72. The lowest BCUT2D eigenvalue weighted by molar-refractivity contribution is 0.0953. The van der Waals surface area contributed by atoms with Crippen LogP contribution in [-0.2, 0) is 11.8 Å². The fourth-order valence-electron chi connectivity index (χ4n) is 3.00. The van der Waals surface area contributed by atoms with Gasteiger partial charge in [-0.15, -0.1) is 11.7 Å². The van der Waals surface area contributed by atoms with Crippen LogP contribution in [0.4, 0.5) is 10.6 Å². The van der Waals surface area contributed by atoms with E-state index >= 15 is 0 Å². The van der Waals surface area contributed by atoms with Gasteiger partial charge in [0.25, 0.3) is 5.91 Å². The van der Waals surface area contributed by atoms with Crippen molar-refractivity contribution >= 4 is 17.8 Å². The number of carbonyl (C=O) groups is 2. The number of rotatable bonds is 8. The van der Waals surface area contributed by atoms with Gasteiger partial charge in [0.2, 0.25) is 0 Å². The van der Waals surface area contributed by atoms with Crippen LogP contribution in [0.5, 0.6) is 0 Å². The van der Waals surface area contributed by atoms with Crippen LogP contribution in [0.25, 0.3) is 11.4 Å². The van der Waals surface area contributed by atoms with E-state index in [9.17, 15) is 9.59 Å². The molecule has 2 N–H and O–H groups in total. The average molecular weight is 435 g/mol. The molecule has 0 aromatic carbocycles. The summed E-state index contributed by atoms with van der Waals surface area (Å²) in [6.07, 6.45) is 4.39. The summed E-state index contributed by atoms with van der Waals surface area (Å²) in [5.74, 6) is 0.0902. The summed E-state index contributed by atoms with van der Waals surface area (Å²) in [5, 5.41) is 13.5. The van der Waals surface area contributed by atoms with Crippen molar-refractivity contribution in [1.29, 1.82) is 0 Å². The van der Waals surface area contributed by atoms with Gasteiger partial charge in [-0.3, -0.25) is 20.1 Å². The van der Waals surface area contributed by atoms with Crippen LogP contribution in [0.3, 0.4) is 0 Å². The molecule has 0 radical (unpaired) electrons. The number of aromatic nitrogens is 5. The number of hydrogen-bond acceptors (Lipinski definition) is 7. The Morgan fingerprint density at radius 3 is 2.78 bits per heavy atom. The van der Waals surface area contributed by atoms with Crippen molar-refractivity contribution in [2.75, 3.05) is 11.9 Å².